The molecule has 1 atom stereocenters. The molecule has 4 rings (SSSR count). The van der Waals surface area contributed by atoms with Gasteiger partial charge in [-0.05, 0) is 42.5 Å². The molecule has 3 aromatic rings. The maximum absolute atomic E-state index is 12.5. The molecule has 1 aliphatic rings. The van der Waals surface area contributed by atoms with Gasteiger partial charge in [-0.2, -0.15) is 0 Å². The summed E-state index contributed by atoms with van der Waals surface area (Å²) in [5, 5.41) is 10.6. The van der Waals surface area contributed by atoms with Gasteiger partial charge in [0.15, 0.2) is 0 Å². The minimum Gasteiger partial charge on any atom is -0.407 e. The van der Waals surface area contributed by atoms with E-state index >= 15 is 0 Å². The molecule has 0 bridgehead atoms. The van der Waals surface area contributed by atoms with Crippen molar-refractivity contribution in [3.63, 3.8) is 0 Å². The highest BCUT2D eigenvalue weighted by molar-refractivity contribution is 7.98. The van der Waals surface area contributed by atoms with Gasteiger partial charge in [0.05, 0.1) is 5.92 Å². The summed E-state index contributed by atoms with van der Waals surface area (Å²) in [5.74, 6) is 0.000695. The van der Waals surface area contributed by atoms with Crippen LogP contribution >= 0.6 is 11.8 Å². The van der Waals surface area contributed by atoms with Crippen molar-refractivity contribution in [3.8, 4) is 0 Å². The number of aromatic nitrogens is 2. The molecule has 1 N–H and O–H groups in total. The van der Waals surface area contributed by atoms with Crippen LogP contribution in [0.5, 0.6) is 0 Å². The number of hydrogen-bond acceptors (Lipinski definition) is 6. The van der Waals surface area contributed by atoms with Gasteiger partial charge in [0.1, 0.15) is 0 Å². The molecule has 0 aliphatic carbocycles. The van der Waals surface area contributed by atoms with Crippen LogP contribution in [0.25, 0.3) is 0 Å². The lowest BCUT2D eigenvalue weighted by Crippen LogP contribution is -2.24. The third-order valence-corrected chi connectivity index (χ3v) is 5.77. The zero-order valence-electron chi connectivity index (χ0n) is 16.6. The molecule has 1 fully saturated rings. The largest absolute Gasteiger partial charge is 0.407 e. The van der Waals surface area contributed by atoms with Gasteiger partial charge in [0, 0.05) is 30.0 Å². The number of carbonyl (C=O) groups is 2. The van der Waals surface area contributed by atoms with Crippen LogP contribution in [0, 0.1) is 0 Å². The quantitative estimate of drug-likeness (QED) is 0.581. The molecule has 1 saturated heterocycles. The highest BCUT2D eigenvalue weighted by Crippen LogP contribution is 2.32. The maximum Gasteiger partial charge on any atom is 0.322 e. The SMILES string of the molecule is CSc1ccc(N2C[C@H](c3nnc(NC(=O)CCc4ccccc4)o3)CC2=O)cc1. The Morgan fingerprint density at radius 2 is 1.93 bits per heavy atom. The van der Waals surface area contributed by atoms with Gasteiger partial charge in [-0.1, -0.05) is 35.4 Å². The second kappa shape index (κ2) is 9.13. The van der Waals surface area contributed by atoms with E-state index in [0.717, 1.165) is 16.1 Å². The number of amides is 2. The van der Waals surface area contributed by atoms with Gasteiger partial charge >= 0.3 is 6.01 Å². The lowest BCUT2D eigenvalue weighted by atomic mass is 10.1. The van der Waals surface area contributed by atoms with Crippen LogP contribution in [-0.4, -0.2) is 34.8 Å². The molecule has 2 heterocycles. The first-order valence-electron chi connectivity index (χ1n) is 9.74. The minimum absolute atomic E-state index is 0.0172. The molecule has 0 unspecified atom stereocenters. The summed E-state index contributed by atoms with van der Waals surface area (Å²) in [6, 6.07) is 17.7. The topological polar surface area (TPSA) is 88.3 Å². The second-order valence-electron chi connectivity index (χ2n) is 7.08. The molecule has 1 aromatic heterocycles. The Labute approximate surface area is 178 Å². The Morgan fingerprint density at radius 3 is 2.67 bits per heavy atom. The summed E-state index contributed by atoms with van der Waals surface area (Å²) in [6.07, 6.45) is 3.27. The fraction of sp³-hybridized carbons (Fsp3) is 0.273. The Balaban J connectivity index is 1.34. The van der Waals surface area contributed by atoms with Crippen molar-refractivity contribution in [1.82, 2.24) is 10.2 Å². The molecule has 2 amide bonds. The Hall–Kier alpha value is -3.13. The summed E-state index contributed by atoms with van der Waals surface area (Å²) in [7, 11) is 0. The summed E-state index contributed by atoms with van der Waals surface area (Å²) in [5.41, 5.74) is 1.95. The smallest absolute Gasteiger partial charge is 0.322 e. The van der Waals surface area contributed by atoms with Crippen LogP contribution in [0.2, 0.25) is 0 Å². The highest BCUT2D eigenvalue weighted by Gasteiger charge is 2.35. The molecular weight excluding hydrogens is 400 g/mol. The number of thioether (sulfide) groups is 1. The van der Waals surface area contributed by atoms with E-state index in [0.29, 0.717) is 31.7 Å². The number of carbonyl (C=O) groups excluding carboxylic acids is 2. The monoisotopic (exact) mass is 422 g/mol. The summed E-state index contributed by atoms with van der Waals surface area (Å²) >= 11 is 1.66. The maximum atomic E-state index is 12.5. The number of nitrogens with one attached hydrogen (secondary N) is 1. The van der Waals surface area contributed by atoms with E-state index in [9.17, 15) is 9.59 Å². The van der Waals surface area contributed by atoms with E-state index in [4.69, 9.17) is 4.42 Å². The van der Waals surface area contributed by atoms with Crippen LogP contribution in [0.1, 0.15) is 30.2 Å². The van der Waals surface area contributed by atoms with Gasteiger partial charge in [-0.25, -0.2) is 0 Å². The van der Waals surface area contributed by atoms with E-state index in [1.54, 1.807) is 16.7 Å². The Morgan fingerprint density at radius 1 is 1.17 bits per heavy atom. The molecule has 0 radical (unpaired) electrons. The van der Waals surface area contributed by atoms with Crippen molar-refractivity contribution in [3.05, 3.63) is 66.1 Å². The molecule has 7 nitrogen and oxygen atoms in total. The van der Waals surface area contributed by atoms with Gasteiger partial charge in [0.25, 0.3) is 0 Å². The van der Waals surface area contributed by atoms with Crippen molar-refractivity contribution >= 4 is 35.3 Å². The fourth-order valence-electron chi connectivity index (χ4n) is 3.42. The molecule has 2 aromatic carbocycles. The van der Waals surface area contributed by atoms with E-state index in [2.05, 4.69) is 15.5 Å². The predicted octanol–water partition coefficient (Wildman–Crippen LogP) is 3.88. The summed E-state index contributed by atoms with van der Waals surface area (Å²) < 4.78 is 5.62. The number of rotatable bonds is 7. The number of nitrogens with zero attached hydrogens (tertiary/aromatic N) is 3. The number of benzene rings is 2. The zero-order chi connectivity index (χ0) is 20.9. The predicted molar refractivity (Wildman–Crippen MR) is 116 cm³/mol. The fourth-order valence-corrected chi connectivity index (χ4v) is 3.83. The molecule has 154 valence electrons. The standard InChI is InChI=1S/C22H22N4O3S/c1-30-18-10-8-17(9-11-18)26-14-16(13-20(26)28)21-24-25-22(29-21)23-19(27)12-7-15-5-3-2-4-6-15/h2-6,8-11,16H,7,12-14H2,1H3,(H,23,25,27)/t16-/m1/s1. The summed E-state index contributed by atoms with van der Waals surface area (Å²) in [4.78, 5) is 27.5. The highest BCUT2D eigenvalue weighted by atomic mass is 32.2. The molecule has 0 spiro atoms. The first-order valence-corrected chi connectivity index (χ1v) is 11.0. The van der Waals surface area contributed by atoms with Crippen molar-refractivity contribution in [1.29, 1.82) is 0 Å². The van der Waals surface area contributed by atoms with E-state index in [1.807, 2.05) is 60.9 Å². The Bertz CT molecular complexity index is 1020. The minimum atomic E-state index is -0.194. The van der Waals surface area contributed by atoms with Crippen LogP contribution in [0.15, 0.2) is 63.9 Å². The van der Waals surface area contributed by atoms with Gasteiger partial charge < -0.3 is 9.32 Å². The van der Waals surface area contributed by atoms with Gasteiger partial charge in [0.2, 0.25) is 17.7 Å². The van der Waals surface area contributed by atoms with Crippen LogP contribution in [-0.2, 0) is 16.0 Å². The van der Waals surface area contributed by atoms with Gasteiger partial charge in [-0.15, -0.1) is 16.9 Å². The van der Waals surface area contributed by atoms with Crippen molar-refractivity contribution < 1.29 is 14.0 Å². The van der Waals surface area contributed by atoms with Crippen molar-refractivity contribution in [2.75, 3.05) is 23.0 Å². The van der Waals surface area contributed by atoms with Crippen LogP contribution in [0.3, 0.4) is 0 Å². The number of aryl methyl sites for hydroxylation is 1. The first kappa shape index (κ1) is 20.2. The van der Waals surface area contributed by atoms with Gasteiger partial charge in [-0.3, -0.25) is 14.9 Å². The first-order chi connectivity index (χ1) is 14.6. The van der Waals surface area contributed by atoms with Crippen molar-refractivity contribution in [2.24, 2.45) is 0 Å². The lowest BCUT2D eigenvalue weighted by molar-refractivity contribution is -0.117. The summed E-state index contributed by atoms with van der Waals surface area (Å²) in [6.45, 7) is 0.473. The van der Waals surface area contributed by atoms with E-state index in [-0.39, 0.29) is 23.7 Å². The normalized spacial score (nSPS) is 16.1. The molecule has 8 heteroatoms. The Kier molecular flexibility index (Phi) is 6.13. The molecule has 30 heavy (non-hydrogen) atoms. The molecule has 1 aliphatic heterocycles. The average Bonchev–Trinajstić information content (AvgIpc) is 3.39. The zero-order valence-corrected chi connectivity index (χ0v) is 17.4. The van der Waals surface area contributed by atoms with Crippen LogP contribution in [0.4, 0.5) is 11.7 Å². The van der Waals surface area contributed by atoms with Crippen molar-refractivity contribution in [2.45, 2.75) is 30.1 Å². The number of anilines is 2. The lowest BCUT2D eigenvalue weighted by Gasteiger charge is -2.16. The third kappa shape index (κ3) is 4.71. The average molecular weight is 423 g/mol. The number of hydrogen-bond donors (Lipinski definition) is 1. The molecule has 0 saturated carbocycles. The van der Waals surface area contributed by atoms with Crippen LogP contribution < -0.4 is 10.2 Å². The van der Waals surface area contributed by atoms with E-state index < -0.39 is 0 Å². The van der Waals surface area contributed by atoms with E-state index in [1.165, 1.54) is 0 Å². The third-order valence-electron chi connectivity index (χ3n) is 5.03. The second-order valence-corrected chi connectivity index (χ2v) is 7.96. The molecular formula is C22H22N4O3S.